The lowest BCUT2D eigenvalue weighted by Crippen LogP contribution is -2.53. The Bertz CT molecular complexity index is 267. The van der Waals surface area contributed by atoms with E-state index in [2.05, 4.69) is 13.8 Å². The lowest BCUT2D eigenvalue weighted by Gasteiger charge is -2.29. The molecule has 0 radical (unpaired) electrons. The van der Waals surface area contributed by atoms with Crippen LogP contribution in [-0.4, -0.2) is 29.4 Å². The molecule has 0 aromatic heterocycles. The molecule has 0 spiro atoms. The van der Waals surface area contributed by atoms with Crippen molar-refractivity contribution < 1.29 is 4.79 Å². The second kappa shape index (κ2) is 3.48. The summed E-state index contributed by atoms with van der Waals surface area (Å²) in [6, 6.07) is 0. The summed E-state index contributed by atoms with van der Waals surface area (Å²) in [6.07, 6.45) is 5.08. The first-order chi connectivity index (χ1) is 6.93. The molecule has 3 nitrogen and oxygen atoms in total. The first kappa shape index (κ1) is 10.9. The van der Waals surface area contributed by atoms with Gasteiger partial charge in [0.2, 0.25) is 5.91 Å². The Balaban J connectivity index is 2.03. The largest absolute Gasteiger partial charge is 0.341 e. The van der Waals surface area contributed by atoms with Gasteiger partial charge in [-0.1, -0.05) is 26.7 Å². The lowest BCUT2D eigenvalue weighted by atomic mass is 9.93. The monoisotopic (exact) mass is 210 g/mol. The molecule has 15 heavy (non-hydrogen) atoms. The molecule has 1 heterocycles. The minimum Gasteiger partial charge on any atom is -0.341 e. The Kier molecular flexibility index (Phi) is 2.53. The number of rotatable bonds is 1. The number of carbonyl (C=O) groups is 1. The number of carbonyl (C=O) groups excluding carboxylic acids is 1. The van der Waals surface area contributed by atoms with Crippen LogP contribution in [0.2, 0.25) is 0 Å². The smallest absolute Gasteiger partial charge is 0.242 e. The maximum atomic E-state index is 12.3. The molecule has 1 aliphatic heterocycles. The predicted octanol–water partition coefficient (Wildman–Crippen LogP) is 1.52. The van der Waals surface area contributed by atoms with E-state index in [9.17, 15) is 4.79 Å². The van der Waals surface area contributed by atoms with Crippen LogP contribution in [0.15, 0.2) is 0 Å². The SMILES string of the molecule is CC1(C)CCN(C(=O)C2(N)CCCC2)C1. The first-order valence-electron chi connectivity index (χ1n) is 6.01. The zero-order valence-electron chi connectivity index (χ0n) is 9.88. The molecule has 0 unspecified atom stereocenters. The highest BCUT2D eigenvalue weighted by Crippen LogP contribution is 2.34. The van der Waals surface area contributed by atoms with E-state index in [0.29, 0.717) is 0 Å². The van der Waals surface area contributed by atoms with E-state index in [-0.39, 0.29) is 11.3 Å². The van der Waals surface area contributed by atoms with Crippen LogP contribution in [0.3, 0.4) is 0 Å². The van der Waals surface area contributed by atoms with Gasteiger partial charge in [0.25, 0.3) is 0 Å². The van der Waals surface area contributed by atoms with Crippen molar-refractivity contribution in [2.45, 2.75) is 51.5 Å². The second-order valence-corrected chi connectivity index (χ2v) is 6.00. The van der Waals surface area contributed by atoms with Gasteiger partial charge in [-0.2, -0.15) is 0 Å². The summed E-state index contributed by atoms with van der Waals surface area (Å²) in [4.78, 5) is 14.2. The van der Waals surface area contributed by atoms with Gasteiger partial charge in [-0.3, -0.25) is 4.79 Å². The van der Waals surface area contributed by atoms with Crippen LogP contribution in [0.25, 0.3) is 0 Å². The molecule has 2 rings (SSSR count). The van der Waals surface area contributed by atoms with Gasteiger partial charge in [-0.25, -0.2) is 0 Å². The second-order valence-electron chi connectivity index (χ2n) is 6.00. The predicted molar refractivity (Wildman–Crippen MR) is 60.4 cm³/mol. The lowest BCUT2D eigenvalue weighted by molar-refractivity contribution is -0.136. The molecule has 1 aliphatic carbocycles. The summed E-state index contributed by atoms with van der Waals surface area (Å²) in [7, 11) is 0. The fraction of sp³-hybridized carbons (Fsp3) is 0.917. The van der Waals surface area contributed by atoms with E-state index in [1.165, 1.54) is 0 Å². The molecular formula is C12H22N2O. The molecule has 1 amide bonds. The van der Waals surface area contributed by atoms with Gasteiger partial charge in [0.15, 0.2) is 0 Å². The zero-order chi connectivity index (χ0) is 11.1. The summed E-state index contributed by atoms with van der Waals surface area (Å²) in [5.74, 6) is 0.200. The Morgan fingerprint density at radius 3 is 2.27 bits per heavy atom. The van der Waals surface area contributed by atoms with E-state index in [1.54, 1.807) is 0 Å². The summed E-state index contributed by atoms with van der Waals surface area (Å²) in [6.45, 7) is 6.21. The van der Waals surface area contributed by atoms with Gasteiger partial charge >= 0.3 is 0 Å². The van der Waals surface area contributed by atoms with Gasteiger partial charge in [0, 0.05) is 13.1 Å². The number of nitrogens with two attached hydrogens (primary N) is 1. The fourth-order valence-corrected chi connectivity index (χ4v) is 2.82. The highest BCUT2D eigenvalue weighted by molar-refractivity contribution is 5.86. The van der Waals surface area contributed by atoms with Crippen molar-refractivity contribution in [3.8, 4) is 0 Å². The zero-order valence-corrected chi connectivity index (χ0v) is 9.88. The minimum absolute atomic E-state index is 0.200. The molecule has 2 aliphatic rings. The van der Waals surface area contributed by atoms with E-state index in [0.717, 1.165) is 45.2 Å². The topological polar surface area (TPSA) is 46.3 Å². The maximum absolute atomic E-state index is 12.3. The fourth-order valence-electron chi connectivity index (χ4n) is 2.82. The number of hydrogen-bond donors (Lipinski definition) is 1. The molecule has 2 N–H and O–H groups in total. The molecule has 1 saturated carbocycles. The number of hydrogen-bond acceptors (Lipinski definition) is 2. The van der Waals surface area contributed by atoms with Crippen molar-refractivity contribution in [2.75, 3.05) is 13.1 Å². The highest BCUT2D eigenvalue weighted by Gasteiger charge is 2.43. The Morgan fingerprint density at radius 1 is 1.20 bits per heavy atom. The average molecular weight is 210 g/mol. The van der Waals surface area contributed by atoms with Crippen molar-refractivity contribution >= 4 is 5.91 Å². The quantitative estimate of drug-likeness (QED) is 0.713. The van der Waals surface area contributed by atoms with E-state index < -0.39 is 5.54 Å². The van der Waals surface area contributed by atoms with Gasteiger partial charge in [0.1, 0.15) is 0 Å². The molecule has 0 aromatic carbocycles. The average Bonchev–Trinajstić information content (AvgIpc) is 2.72. The number of amides is 1. The van der Waals surface area contributed by atoms with Crippen molar-refractivity contribution in [3.63, 3.8) is 0 Å². The maximum Gasteiger partial charge on any atom is 0.242 e. The van der Waals surface area contributed by atoms with E-state index in [1.807, 2.05) is 4.90 Å². The molecule has 0 aromatic rings. The van der Waals surface area contributed by atoms with Crippen LogP contribution < -0.4 is 5.73 Å². The first-order valence-corrected chi connectivity index (χ1v) is 6.01. The summed E-state index contributed by atoms with van der Waals surface area (Å²) in [5, 5.41) is 0. The van der Waals surface area contributed by atoms with Crippen LogP contribution in [0.1, 0.15) is 46.0 Å². The van der Waals surface area contributed by atoms with Crippen LogP contribution in [-0.2, 0) is 4.79 Å². The Labute approximate surface area is 92.0 Å². The number of likely N-dealkylation sites (tertiary alicyclic amines) is 1. The van der Waals surface area contributed by atoms with Crippen LogP contribution >= 0.6 is 0 Å². The summed E-state index contributed by atoms with van der Waals surface area (Å²) >= 11 is 0. The van der Waals surface area contributed by atoms with Crippen LogP contribution in [0.5, 0.6) is 0 Å². The highest BCUT2D eigenvalue weighted by atomic mass is 16.2. The van der Waals surface area contributed by atoms with Crippen molar-refractivity contribution in [2.24, 2.45) is 11.1 Å². The van der Waals surface area contributed by atoms with Crippen LogP contribution in [0.4, 0.5) is 0 Å². The summed E-state index contributed by atoms with van der Waals surface area (Å²) in [5.41, 5.74) is 5.93. The molecular weight excluding hydrogens is 188 g/mol. The third-order valence-corrected chi connectivity index (χ3v) is 3.89. The molecule has 1 saturated heterocycles. The molecule has 0 atom stereocenters. The summed E-state index contributed by atoms with van der Waals surface area (Å²) < 4.78 is 0. The van der Waals surface area contributed by atoms with Crippen molar-refractivity contribution in [1.29, 1.82) is 0 Å². The van der Waals surface area contributed by atoms with E-state index >= 15 is 0 Å². The van der Waals surface area contributed by atoms with Crippen molar-refractivity contribution in [1.82, 2.24) is 4.90 Å². The standard InChI is InChI=1S/C12H22N2O/c1-11(2)7-8-14(9-11)10(15)12(13)5-3-4-6-12/h3-9,13H2,1-2H3. The third kappa shape index (κ3) is 2.03. The van der Waals surface area contributed by atoms with Gasteiger partial charge in [-0.05, 0) is 24.7 Å². The molecule has 0 bridgehead atoms. The van der Waals surface area contributed by atoms with Gasteiger partial charge < -0.3 is 10.6 Å². The minimum atomic E-state index is -0.527. The molecule has 86 valence electrons. The van der Waals surface area contributed by atoms with Gasteiger partial charge in [0.05, 0.1) is 5.54 Å². The van der Waals surface area contributed by atoms with E-state index in [4.69, 9.17) is 5.73 Å². The normalized spacial score (nSPS) is 28.3. The van der Waals surface area contributed by atoms with Crippen LogP contribution in [0, 0.1) is 5.41 Å². The Hall–Kier alpha value is -0.570. The van der Waals surface area contributed by atoms with Crippen molar-refractivity contribution in [3.05, 3.63) is 0 Å². The molecule has 2 fully saturated rings. The Morgan fingerprint density at radius 2 is 1.80 bits per heavy atom. The number of nitrogens with zero attached hydrogens (tertiary/aromatic N) is 1. The third-order valence-electron chi connectivity index (χ3n) is 3.89. The molecule has 3 heteroatoms. The van der Waals surface area contributed by atoms with Gasteiger partial charge in [-0.15, -0.1) is 0 Å².